The lowest BCUT2D eigenvalue weighted by atomic mass is 10.3. The molecule has 0 aromatic carbocycles. The van der Waals surface area contributed by atoms with Gasteiger partial charge >= 0.3 is 0 Å². The summed E-state index contributed by atoms with van der Waals surface area (Å²) in [6.45, 7) is 6.11. The summed E-state index contributed by atoms with van der Waals surface area (Å²) >= 11 is 3.04. The summed E-state index contributed by atoms with van der Waals surface area (Å²) in [5, 5.41) is 8.58. The minimum Gasteiger partial charge on any atom is -0.356 e. The Balaban J connectivity index is 1.85. The fourth-order valence-corrected chi connectivity index (χ4v) is 6.04. The number of sulfonamides is 1. The maximum atomic E-state index is 12.5. The molecule has 0 spiro atoms. The van der Waals surface area contributed by atoms with Crippen molar-refractivity contribution in [2.24, 2.45) is 4.99 Å². The summed E-state index contributed by atoms with van der Waals surface area (Å²) in [7, 11) is -1.62. The smallest absolute Gasteiger partial charge is 0.252 e. The van der Waals surface area contributed by atoms with Gasteiger partial charge in [-0.3, -0.25) is 4.99 Å². The van der Waals surface area contributed by atoms with Crippen LogP contribution in [-0.4, -0.2) is 45.4 Å². The number of nitrogens with one attached hydrogen (secondary N) is 2. The van der Waals surface area contributed by atoms with Crippen LogP contribution >= 0.6 is 22.7 Å². The third kappa shape index (κ3) is 5.54. The van der Waals surface area contributed by atoms with E-state index in [1.807, 2.05) is 31.4 Å². The Bertz CT molecular complexity index is 794. The zero-order chi connectivity index (χ0) is 19.0. The van der Waals surface area contributed by atoms with Crippen LogP contribution in [0.4, 0.5) is 0 Å². The molecule has 2 N–H and O–H groups in total. The predicted octanol–water partition coefficient (Wildman–Crippen LogP) is 2.75. The van der Waals surface area contributed by atoms with Crippen molar-refractivity contribution in [1.29, 1.82) is 0 Å². The van der Waals surface area contributed by atoms with Crippen LogP contribution in [0.2, 0.25) is 0 Å². The number of guanidine groups is 1. The van der Waals surface area contributed by atoms with Crippen molar-refractivity contribution in [3.05, 3.63) is 39.4 Å². The van der Waals surface area contributed by atoms with Gasteiger partial charge in [0, 0.05) is 36.4 Å². The lowest BCUT2D eigenvalue weighted by molar-refractivity contribution is 0.447. The third-order valence-corrected chi connectivity index (χ3v) is 8.37. The van der Waals surface area contributed by atoms with E-state index < -0.39 is 10.0 Å². The number of aliphatic imine (C=N–C) groups is 1. The zero-order valence-electron chi connectivity index (χ0n) is 15.4. The van der Waals surface area contributed by atoms with Gasteiger partial charge in [0.15, 0.2) is 5.96 Å². The number of nitrogens with zero attached hydrogens (tertiary/aromatic N) is 2. The fourth-order valence-electron chi connectivity index (χ4n) is 2.43. The average Bonchev–Trinajstić information content (AvgIpc) is 3.30. The van der Waals surface area contributed by atoms with E-state index in [9.17, 15) is 8.42 Å². The van der Waals surface area contributed by atoms with Gasteiger partial charge in [0.25, 0.3) is 10.0 Å². The maximum absolute atomic E-state index is 12.5. The van der Waals surface area contributed by atoms with Gasteiger partial charge < -0.3 is 10.6 Å². The normalized spacial score (nSPS) is 12.5. The van der Waals surface area contributed by atoms with Crippen LogP contribution in [0.1, 0.15) is 23.6 Å². The molecular formula is C17H26N4O2S3. The van der Waals surface area contributed by atoms with E-state index in [2.05, 4.69) is 21.7 Å². The summed E-state index contributed by atoms with van der Waals surface area (Å²) in [5.74, 6) is 0.742. The molecule has 0 radical (unpaired) electrons. The monoisotopic (exact) mass is 414 g/mol. The van der Waals surface area contributed by atoms with Crippen LogP contribution in [0.15, 0.2) is 38.8 Å². The van der Waals surface area contributed by atoms with Crippen LogP contribution in [-0.2, 0) is 23.0 Å². The van der Waals surface area contributed by atoms with Gasteiger partial charge in [0.1, 0.15) is 4.21 Å². The van der Waals surface area contributed by atoms with Crippen molar-refractivity contribution >= 4 is 38.7 Å². The van der Waals surface area contributed by atoms with Gasteiger partial charge in [-0.25, -0.2) is 8.42 Å². The Kier molecular flexibility index (Phi) is 8.08. The van der Waals surface area contributed by atoms with E-state index in [-0.39, 0.29) is 0 Å². The Morgan fingerprint density at radius 1 is 1.15 bits per heavy atom. The average molecular weight is 415 g/mol. The third-order valence-electron chi connectivity index (χ3n) is 3.83. The molecule has 2 aromatic heterocycles. The summed E-state index contributed by atoms with van der Waals surface area (Å²) in [6, 6.07) is 7.70. The quantitative estimate of drug-likeness (QED) is 0.489. The van der Waals surface area contributed by atoms with E-state index in [1.54, 1.807) is 24.5 Å². The van der Waals surface area contributed by atoms with Crippen LogP contribution in [0.5, 0.6) is 0 Å². The standard InChI is InChI=1S/C17H26N4O2S3/c1-4-21(5-2)26(22,23)16-9-8-14(25-16)10-11-19-17(18-3)20-13-15-7-6-12-24-15/h6-9,12H,4-5,10-11,13H2,1-3H3,(H2,18,19,20). The second-order valence-electron chi connectivity index (χ2n) is 5.49. The minimum absolute atomic E-state index is 0.413. The van der Waals surface area contributed by atoms with Crippen molar-refractivity contribution in [2.45, 2.75) is 31.0 Å². The molecule has 26 heavy (non-hydrogen) atoms. The van der Waals surface area contributed by atoms with Crippen molar-refractivity contribution < 1.29 is 8.42 Å². The first kappa shape index (κ1) is 20.9. The van der Waals surface area contributed by atoms with E-state index in [4.69, 9.17) is 0 Å². The lowest BCUT2D eigenvalue weighted by Gasteiger charge is -2.16. The maximum Gasteiger partial charge on any atom is 0.252 e. The predicted molar refractivity (Wildman–Crippen MR) is 111 cm³/mol. The first-order chi connectivity index (χ1) is 12.5. The molecule has 0 amide bonds. The van der Waals surface area contributed by atoms with Gasteiger partial charge in [0.2, 0.25) is 0 Å². The molecule has 0 saturated heterocycles. The van der Waals surface area contributed by atoms with Gasteiger partial charge in [-0.2, -0.15) is 4.31 Å². The van der Waals surface area contributed by atoms with E-state index in [0.717, 1.165) is 23.8 Å². The Morgan fingerprint density at radius 2 is 1.92 bits per heavy atom. The Morgan fingerprint density at radius 3 is 2.54 bits per heavy atom. The molecule has 0 aliphatic heterocycles. The van der Waals surface area contributed by atoms with Gasteiger partial charge in [-0.15, -0.1) is 22.7 Å². The van der Waals surface area contributed by atoms with Crippen LogP contribution in [0.25, 0.3) is 0 Å². The fraction of sp³-hybridized carbons (Fsp3) is 0.471. The minimum atomic E-state index is -3.36. The molecule has 2 rings (SSSR count). The van der Waals surface area contributed by atoms with E-state index >= 15 is 0 Å². The van der Waals surface area contributed by atoms with Crippen molar-refractivity contribution in [1.82, 2.24) is 14.9 Å². The number of hydrogen-bond donors (Lipinski definition) is 2. The summed E-state index contributed by atoms with van der Waals surface area (Å²) < 4.78 is 26.9. The van der Waals surface area contributed by atoms with Crippen molar-refractivity contribution in [3.8, 4) is 0 Å². The molecule has 0 bridgehead atoms. The van der Waals surface area contributed by atoms with Crippen molar-refractivity contribution in [2.75, 3.05) is 26.7 Å². The number of hydrogen-bond acceptors (Lipinski definition) is 5. The first-order valence-electron chi connectivity index (χ1n) is 8.57. The second-order valence-corrected chi connectivity index (χ2v) is 9.86. The summed E-state index contributed by atoms with van der Waals surface area (Å²) in [4.78, 5) is 6.49. The largest absolute Gasteiger partial charge is 0.356 e. The molecule has 2 heterocycles. The lowest BCUT2D eigenvalue weighted by Crippen LogP contribution is -2.37. The number of rotatable bonds is 9. The second kappa shape index (κ2) is 10.1. The first-order valence-corrected chi connectivity index (χ1v) is 11.7. The van der Waals surface area contributed by atoms with Gasteiger partial charge in [-0.05, 0) is 30.0 Å². The molecule has 0 aliphatic carbocycles. The Labute approximate surface area is 164 Å². The van der Waals surface area contributed by atoms with Crippen LogP contribution < -0.4 is 10.6 Å². The molecule has 0 aliphatic rings. The highest BCUT2D eigenvalue weighted by Gasteiger charge is 2.23. The molecular weight excluding hydrogens is 388 g/mol. The number of thiophene rings is 2. The summed E-state index contributed by atoms with van der Waals surface area (Å²) in [5.41, 5.74) is 0. The highest BCUT2D eigenvalue weighted by Crippen LogP contribution is 2.25. The van der Waals surface area contributed by atoms with E-state index in [0.29, 0.717) is 23.8 Å². The van der Waals surface area contributed by atoms with E-state index in [1.165, 1.54) is 20.5 Å². The molecule has 0 unspecified atom stereocenters. The molecule has 0 fully saturated rings. The molecule has 2 aromatic rings. The molecule has 9 heteroatoms. The topological polar surface area (TPSA) is 73.8 Å². The summed E-state index contributed by atoms with van der Waals surface area (Å²) in [6.07, 6.45) is 0.748. The molecule has 144 valence electrons. The zero-order valence-corrected chi connectivity index (χ0v) is 17.8. The van der Waals surface area contributed by atoms with Gasteiger partial charge in [-0.1, -0.05) is 19.9 Å². The van der Waals surface area contributed by atoms with Crippen molar-refractivity contribution in [3.63, 3.8) is 0 Å². The molecule has 0 atom stereocenters. The highest BCUT2D eigenvalue weighted by molar-refractivity contribution is 7.91. The Hall–Kier alpha value is -1.42. The molecule has 6 nitrogen and oxygen atoms in total. The van der Waals surface area contributed by atoms with Gasteiger partial charge in [0.05, 0.1) is 6.54 Å². The van der Waals surface area contributed by atoms with Crippen LogP contribution in [0, 0.1) is 0 Å². The molecule has 0 saturated carbocycles. The SMILES string of the molecule is CCN(CC)S(=O)(=O)c1ccc(CCNC(=NC)NCc2cccs2)s1. The van der Waals surface area contributed by atoms with Crippen LogP contribution in [0.3, 0.4) is 0 Å². The highest BCUT2D eigenvalue weighted by atomic mass is 32.2.